The van der Waals surface area contributed by atoms with Gasteiger partial charge < -0.3 is 10.4 Å². The number of nitriles is 1. The van der Waals surface area contributed by atoms with Gasteiger partial charge >= 0.3 is 0 Å². The van der Waals surface area contributed by atoms with Crippen LogP contribution in [0.4, 0.5) is 0 Å². The minimum absolute atomic E-state index is 0.140. The molecule has 0 radical (unpaired) electrons. The molecule has 2 rings (SSSR count). The number of hydrogen-bond donors (Lipinski definition) is 2. The molecule has 0 bridgehead atoms. The van der Waals surface area contributed by atoms with Gasteiger partial charge in [-0.2, -0.15) is 5.26 Å². The van der Waals surface area contributed by atoms with Crippen molar-refractivity contribution in [1.82, 2.24) is 5.32 Å². The van der Waals surface area contributed by atoms with Crippen LogP contribution >= 0.6 is 0 Å². The molecule has 2 aromatic carbocycles. The van der Waals surface area contributed by atoms with Crippen LogP contribution in [0.5, 0.6) is 0 Å². The molecule has 2 aromatic rings. The number of nitrogens with one attached hydrogen (secondary N) is 1. The summed E-state index contributed by atoms with van der Waals surface area (Å²) in [5, 5.41) is 21.0. The fraction of sp³-hybridized carbons (Fsp3) is 0.176. The van der Waals surface area contributed by atoms with Crippen LogP contribution in [-0.4, -0.2) is 23.7 Å². The van der Waals surface area contributed by atoms with Crippen molar-refractivity contribution >= 4 is 5.91 Å². The van der Waals surface area contributed by atoms with Crippen LogP contribution in [0.3, 0.4) is 0 Å². The lowest BCUT2D eigenvalue weighted by Crippen LogP contribution is -2.39. The minimum Gasteiger partial charge on any atom is -0.394 e. The summed E-state index contributed by atoms with van der Waals surface area (Å²) < 4.78 is 0. The standard InChI is InChI=1S/C17H16N2O2/c18-11-14-7-4-8-15(9-14)17(21)19-16(12-20)10-13-5-2-1-3-6-13/h1-9,16,20H,10,12H2,(H,19,21). The third kappa shape index (κ3) is 4.16. The van der Waals surface area contributed by atoms with Crippen LogP contribution in [0.2, 0.25) is 0 Å². The van der Waals surface area contributed by atoms with E-state index in [0.717, 1.165) is 5.56 Å². The average Bonchev–Trinajstić information content (AvgIpc) is 2.55. The lowest BCUT2D eigenvalue weighted by atomic mass is 10.1. The van der Waals surface area contributed by atoms with Crippen LogP contribution in [0.25, 0.3) is 0 Å². The van der Waals surface area contributed by atoms with Gasteiger partial charge in [-0.1, -0.05) is 36.4 Å². The second-order valence-electron chi connectivity index (χ2n) is 4.74. The highest BCUT2D eigenvalue weighted by molar-refractivity contribution is 5.94. The molecule has 21 heavy (non-hydrogen) atoms. The van der Waals surface area contributed by atoms with Crippen LogP contribution in [0.15, 0.2) is 54.6 Å². The van der Waals surface area contributed by atoms with Gasteiger partial charge in [0.25, 0.3) is 5.91 Å². The first-order valence-electron chi connectivity index (χ1n) is 6.68. The first-order chi connectivity index (χ1) is 10.2. The van der Waals surface area contributed by atoms with E-state index in [1.165, 1.54) is 6.07 Å². The molecule has 0 aliphatic heterocycles. The fourth-order valence-electron chi connectivity index (χ4n) is 2.06. The van der Waals surface area contributed by atoms with Crippen LogP contribution < -0.4 is 5.32 Å². The number of hydrogen-bond acceptors (Lipinski definition) is 3. The minimum atomic E-state index is -0.356. The van der Waals surface area contributed by atoms with Gasteiger partial charge in [-0.05, 0) is 30.2 Å². The van der Waals surface area contributed by atoms with Gasteiger partial charge in [0.2, 0.25) is 0 Å². The monoisotopic (exact) mass is 280 g/mol. The van der Waals surface area contributed by atoms with Crippen molar-refractivity contribution in [3.05, 3.63) is 71.3 Å². The second kappa shape index (κ2) is 7.22. The van der Waals surface area contributed by atoms with E-state index < -0.39 is 0 Å². The van der Waals surface area contributed by atoms with Gasteiger partial charge in [-0.25, -0.2) is 0 Å². The van der Waals surface area contributed by atoms with Crippen molar-refractivity contribution in [3.8, 4) is 6.07 Å². The number of amides is 1. The van der Waals surface area contributed by atoms with Crippen LogP contribution in [-0.2, 0) is 6.42 Å². The van der Waals surface area contributed by atoms with Crippen LogP contribution in [0.1, 0.15) is 21.5 Å². The highest BCUT2D eigenvalue weighted by Gasteiger charge is 2.13. The predicted octanol–water partition coefficient (Wildman–Crippen LogP) is 1.89. The molecule has 106 valence electrons. The molecule has 2 N–H and O–H groups in total. The fourth-order valence-corrected chi connectivity index (χ4v) is 2.06. The third-order valence-electron chi connectivity index (χ3n) is 3.13. The molecule has 0 spiro atoms. The summed E-state index contributed by atoms with van der Waals surface area (Å²) >= 11 is 0. The lowest BCUT2D eigenvalue weighted by molar-refractivity contribution is 0.0916. The van der Waals surface area contributed by atoms with Crippen molar-refractivity contribution in [3.63, 3.8) is 0 Å². The Bertz CT molecular complexity index is 647. The van der Waals surface area contributed by atoms with E-state index >= 15 is 0 Å². The topological polar surface area (TPSA) is 73.1 Å². The summed E-state index contributed by atoms with van der Waals surface area (Å²) in [4.78, 5) is 12.1. The maximum atomic E-state index is 12.1. The van der Waals surface area contributed by atoms with Crippen molar-refractivity contribution in [2.75, 3.05) is 6.61 Å². The Balaban J connectivity index is 2.04. The highest BCUT2D eigenvalue weighted by atomic mass is 16.3. The molecule has 1 amide bonds. The molecule has 0 heterocycles. The zero-order chi connectivity index (χ0) is 15.1. The Labute approximate surface area is 123 Å². The maximum absolute atomic E-state index is 12.1. The zero-order valence-corrected chi connectivity index (χ0v) is 11.5. The van der Waals surface area contributed by atoms with E-state index in [2.05, 4.69) is 5.32 Å². The lowest BCUT2D eigenvalue weighted by Gasteiger charge is -2.16. The Morgan fingerprint density at radius 2 is 1.95 bits per heavy atom. The normalized spacial score (nSPS) is 11.4. The summed E-state index contributed by atoms with van der Waals surface area (Å²) in [5.74, 6) is -0.290. The van der Waals surface area contributed by atoms with Crippen molar-refractivity contribution in [2.24, 2.45) is 0 Å². The predicted molar refractivity (Wildman–Crippen MR) is 79.6 cm³/mol. The molecular weight excluding hydrogens is 264 g/mol. The SMILES string of the molecule is N#Cc1cccc(C(=O)NC(CO)Cc2ccccc2)c1. The van der Waals surface area contributed by atoms with Gasteiger partial charge in [-0.15, -0.1) is 0 Å². The molecule has 4 nitrogen and oxygen atoms in total. The number of benzene rings is 2. The Hall–Kier alpha value is -2.64. The number of carbonyl (C=O) groups excluding carboxylic acids is 1. The average molecular weight is 280 g/mol. The van der Waals surface area contributed by atoms with Crippen molar-refractivity contribution in [2.45, 2.75) is 12.5 Å². The first-order valence-corrected chi connectivity index (χ1v) is 6.68. The second-order valence-corrected chi connectivity index (χ2v) is 4.74. The number of aliphatic hydroxyl groups is 1. The molecule has 0 saturated heterocycles. The molecule has 1 unspecified atom stereocenters. The van der Waals surface area contributed by atoms with Crippen LogP contribution in [0, 0.1) is 11.3 Å². The van der Waals surface area contributed by atoms with E-state index in [1.807, 2.05) is 36.4 Å². The largest absolute Gasteiger partial charge is 0.394 e. The molecule has 0 aliphatic rings. The molecule has 0 aromatic heterocycles. The third-order valence-corrected chi connectivity index (χ3v) is 3.13. The van der Waals surface area contributed by atoms with Gasteiger partial charge in [0.05, 0.1) is 24.3 Å². The van der Waals surface area contributed by atoms with Crippen molar-refractivity contribution < 1.29 is 9.90 Å². The molecule has 0 saturated carbocycles. The summed E-state index contributed by atoms with van der Waals surface area (Å²) in [5.41, 5.74) is 1.90. The van der Waals surface area contributed by atoms with E-state index in [1.54, 1.807) is 18.2 Å². The Morgan fingerprint density at radius 1 is 1.19 bits per heavy atom. The summed E-state index contributed by atoms with van der Waals surface area (Å²) in [6, 6.07) is 17.8. The maximum Gasteiger partial charge on any atom is 0.251 e. The Morgan fingerprint density at radius 3 is 2.62 bits per heavy atom. The summed E-state index contributed by atoms with van der Waals surface area (Å²) in [7, 11) is 0. The van der Waals surface area contributed by atoms with Crippen molar-refractivity contribution in [1.29, 1.82) is 5.26 Å². The molecule has 1 atom stereocenters. The molecule has 4 heteroatoms. The summed E-state index contributed by atoms with van der Waals surface area (Å²) in [6.45, 7) is -0.140. The number of nitrogens with zero attached hydrogens (tertiary/aromatic N) is 1. The number of carbonyl (C=O) groups is 1. The van der Waals surface area contributed by atoms with Gasteiger partial charge in [0, 0.05) is 5.56 Å². The molecule has 0 aliphatic carbocycles. The quantitative estimate of drug-likeness (QED) is 0.878. The van der Waals surface area contributed by atoms with E-state index in [4.69, 9.17) is 5.26 Å². The first kappa shape index (κ1) is 14.8. The molecule has 0 fully saturated rings. The zero-order valence-electron chi connectivity index (χ0n) is 11.5. The van der Waals surface area contributed by atoms with E-state index in [-0.39, 0.29) is 18.6 Å². The van der Waals surface area contributed by atoms with E-state index in [9.17, 15) is 9.90 Å². The highest BCUT2D eigenvalue weighted by Crippen LogP contribution is 2.07. The smallest absolute Gasteiger partial charge is 0.251 e. The van der Waals surface area contributed by atoms with Gasteiger partial charge in [-0.3, -0.25) is 4.79 Å². The number of aliphatic hydroxyl groups excluding tert-OH is 1. The number of rotatable bonds is 5. The van der Waals surface area contributed by atoms with E-state index in [0.29, 0.717) is 17.5 Å². The Kier molecular flexibility index (Phi) is 5.08. The van der Waals surface area contributed by atoms with Gasteiger partial charge in [0.15, 0.2) is 0 Å². The summed E-state index contributed by atoms with van der Waals surface area (Å²) in [6.07, 6.45) is 0.557. The van der Waals surface area contributed by atoms with Gasteiger partial charge in [0.1, 0.15) is 0 Å². The molecular formula is C17H16N2O2.